The number of allylic oxidation sites excluding steroid dienone is 3. The summed E-state index contributed by atoms with van der Waals surface area (Å²) in [6.45, 7) is 4.75. The van der Waals surface area contributed by atoms with Crippen LogP contribution in [0.4, 0.5) is 0 Å². The zero-order valence-corrected chi connectivity index (χ0v) is 20.9. The summed E-state index contributed by atoms with van der Waals surface area (Å²) >= 11 is 1.35. The molecule has 1 saturated heterocycles. The van der Waals surface area contributed by atoms with Crippen LogP contribution in [0.15, 0.2) is 35.3 Å². The predicted molar refractivity (Wildman–Crippen MR) is 130 cm³/mol. The maximum absolute atomic E-state index is 13.0. The summed E-state index contributed by atoms with van der Waals surface area (Å²) in [5, 5.41) is 25.8. The first-order valence-corrected chi connectivity index (χ1v) is 13.7. The number of amides is 1. The van der Waals surface area contributed by atoms with Crippen LogP contribution < -0.4 is 5.32 Å². The number of carbonyl (C=O) groups excluding carboxylic acids is 3. The van der Waals surface area contributed by atoms with Gasteiger partial charge in [-0.1, -0.05) is 17.7 Å². The van der Waals surface area contributed by atoms with Gasteiger partial charge >= 0.3 is 0 Å². The van der Waals surface area contributed by atoms with Crippen molar-refractivity contribution in [2.75, 3.05) is 0 Å². The lowest BCUT2D eigenvalue weighted by molar-refractivity contribution is -0.132. The highest BCUT2D eigenvalue weighted by Gasteiger charge is 2.63. The molecule has 8 nitrogen and oxygen atoms in total. The van der Waals surface area contributed by atoms with Crippen LogP contribution in [0, 0.1) is 0 Å². The van der Waals surface area contributed by atoms with Gasteiger partial charge in [0.1, 0.15) is 21.5 Å². The zero-order chi connectivity index (χ0) is 24.4. The third-order valence-corrected chi connectivity index (χ3v) is 10.8. The van der Waals surface area contributed by atoms with Crippen molar-refractivity contribution in [1.29, 1.82) is 0 Å². The van der Waals surface area contributed by atoms with Crippen molar-refractivity contribution < 1.29 is 28.8 Å². The first-order valence-electron chi connectivity index (χ1n) is 10.3. The molecule has 3 N–H and O–H groups in total. The molecule has 1 fully saturated rings. The minimum atomic E-state index is -1.99. The molecule has 1 aromatic heterocycles. The van der Waals surface area contributed by atoms with E-state index in [1.54, 1.807) is 31.4 Å². The summed E-state index contributed by atoms with van der Waals surface area (Å²) < 4.78 is 11.5. The van der Waals surface area contributed by atoms with E-state index in [1.165, 1.54) is 36.5 Å². The van der Waals surface area contributed by atoms with Crippen molar-refractivity contribution in [3.05, 3.63) is 46.0 Å². The molecule has 33 heavy (non-hydrogen) atoms. The van der Waals surface area contributed by atoms with Gasteiger partial charge in [0, 0.05) is 22.6 Å². The second kappa shape index (κ2) is 10.1. The van der Waals surface area contributed by atoms with Crippen molar-refractivity contribution in [2.45, 2.75) is 62.5 Å². The lowest BCUT2D eigenvalue weighted by Crippen LogP contribution is -2.55. The number of fused-ring (bicyclic) bond motifs is 2. The Labute approximate surface area is 202 Å². The minimum absolute atomic E-state index is 0.0520. The van der Waals surface area contributed by atoms with Crippen molar-refractivity contribution in [1.82, 2.24) is 10.3 Å². The van der Waals surface area contributed by atoms with E-state index in [0.717, 1.165) is 0 Å². The van der Waals surface area contributed by atoms with E-state index >= 15 is 0 Å². The highest BCUT2D eigenvalue weighted by atomic mass is 33.1. The predicted octanol–water partition coefficient (Wildman–Crippen LogP) is 2.38. The molecule has 1 aromatic rings. The van der Waals surface area contributed by atoms with Gasteiger partial charge in [-0.3, -0.25) is 14.4 Å². The van der Waals surface area contributed by atoms with Gasteiger partial charge in [-0.25, -0.2) is 9.19 Å². The molecule has 178 valence electrons. The lowest BCUT2D eigenvalue weighted by atomic mass is 9.81. The number of rotatable bonds is 0. The number of aromatic nitrogens is 1. The van der Waals surface area contributed by atoms with Gasteiger partial charge in [0.25, 0.3) is 0 Å². The molecule has 11 heteroatoms. The van der Waals surface area contributed by atoms with Gasteiger partial charge in [0.05, 0.1) is 21.6 Å². The van der Waals surface area contributed by atoms with Crippen molar-refractivity contribution in [3.63, 3.8) is 0 Å². The fraction of sp³-hybridized carbons (Fsp3) is 0.455. The average molecular weight is 511 g/mol. The van der Waals surface area contributed by atoms with Gasteiger partial charge in [-0.2, -0.15) is 0 Å². The normalized spacial score (nSPS) is 37.7. The smallest absolute Gasteiger partial charge is 0.234 e. The van der Waals surface area contributed by atoms with E-state index in [2.05, 4.69) is 10.3 Å². The van der Waals surface area contributed by atoms with E-state index in [0.29, 0.717) is 27.1 Å². The summed E-state index contributed by atoms with van der Waals surface area (Å²) in [5.74, 6) is -0.969. The van der Waals surface area contributed by atoms with E-state index in [-0.39, 0.29) is 19.3 Å². The Bertz CT molecular complexity index is 1070. The molecule has 0 saturated carbocycles. The van der Waals surface area contributed by atoms with Crippen molar-refractivity contribution >= 4 is 54.8 Å². The Morgan fingerprint density at radius 2 is 1.94 bits per heavy atom. The molecule has 0 radical (unpaired) electrons. The van der Waals surface area contributed by atoms with Crippen LogP contribution in [0.1, 0.15) is 56.8 Å². The van der Waals surface area contributed by atoms with Gasteiger partial charge in [0.2, 0.25) is 11.0 Å². The van der Waals surface area contributed by atoms with E-state index < -0.39 is 49.1 Å². The van der Waals surface area contributed by atoms with Crippen LogP contribution in [-0.2, 0) is 24.2 Å². The Morgan fingerprint density at radius 3 is 2.61 bits per heavy atom. The number of thiazole rings is 1. The highest BCUT2D eigenvalue weighted by molar-refractivity contribution is 8.76. The van der Waals surface area contributed by atoms with Gasteiger partial charge in [-0.05, 0) is 51.8 Å². The van der Waals surface area contributed by atoms with Crippen molar-refractivity contribution in [2.24, 2.45) is 0 Å². The number of hydrogen-bond acceptors (Lipinski definition) is 9. The topological polar surface area (TPSA) is 134 Å². The van der Waals surface area contributed by atoms with Gasteiger partial charge in [0.15, 0.2) is 5.78 Å². The van der Waals surface area contributed by atoms with E-state index in [9.17, 15) is 28.8 Å². The summed E-state index contributed by atoms with van der Waals surface area (Å²) in [6.07, 6.45) is 6.07. The summed E-state index contributed by atoms with van der Waals surface area (Å²) in [5.41, 5.74) is -0.732. The molecule has 0 aliphatic carbocycles. The summed E-state index contributed by atoms with van der Waals surface area (Å²) in [7, 11) is -1.33. The number of aliphatic hydroxyl groups is 2. The largest absolute Gasteiger partial charge is 0.381 e. The Balaban J connectivity index is 1.99. The molecule has 2 aliphatic rings. The Morgan fingerprint density at radius 1 is 1.24 bits per heavy atom. The van der Waals surface area contributed by atoms with Crippen LogP contribution >= 0.6 is 22.1 Å². The minimum Gasteiger partial charge on any atom is -0.381 e. The third kappa shape index (κ3) is 5.43. The molecule has 1 unspecified atom stereocenters. The quantitative estimate of drug-likeness (QED) is 0.358. The average Bonchev–Trinajstić information content (AvgIpc) is 3.27. The lowest BCUT2D eigenvalue weighted by Gasteiger charge is -2.36. The van der Waals surface area contributed by atoms with E-state index in [1.807, 2.05) is 0 Å². The van der Waals surface area contributed by atoms with Crippen LogP contribution in [0.3, 0.4) is 0 Å². The fourth-order valence-electron chi connectivity index (χ4n) is 3.65. The van der Waals surface area contributed by atoms with Gasteiger partial charge in [-0.15, -0.1) is 11.3 Å². The van der Waals surface area contributed by atoms with Gasteiger partial charge < -0.3 is 15.5 Å². The second-order valence-corrected chi connectivity index (χ2v) is 12.4. The SMILES string of the molecule is C/C1=C/[C@@H](O)C(=O)/C=C/C=C/c2csc(n2)[C@@H](C)NC(=O)C[C@@]2(CC1)S(=O)SC(=O)[C@]2(C)O. The standard InChI is InChI=1S/C22H26N2O6S3/c1-13-8-9-22(21(3,29)20(28)32-33(22)30)11-18(27)23-14(2)19-24-15(12-31-19)6-4-5-7-16(25)17(26)10-13/h4-7,10,12,14,17,26,29H,8-9,11H2,1-3H3,(H,23,27)/b6-4+,7-5+,13-10-/t14-,17-,21+,22-,33?/m1/s1. The fourth-order valence-corrected chi connectivity index (χ4v) is 8.39. The number of nitrogens with zero attached hydrogens (tertiary/aromatic N) is 1. The molecule has 1 spiro atoms. The molecule has 3 heterocycles. The number of aliphatic hydroxyl groups excluding tert-OH is 1. The summed E-state index contributed by atoms with van der Waals surface area (Å²) in [4.78, 5) is 42.0. The third-order valence-electron chi connectivity index (χ3n) is 5.78. The Kier molecular flexibility index (Phi) is 7.90. The molecule has 2 aliphatic heterocycles. The second-order valence-electron chi connectivity index (χ2n) is 8.33. The zero-order valence-electron chi connectivity index (χ0n) is 18.4. The maximum atomic E-state index is 13.0. The molecule has 0 aromatic carbocycles. The van der Waals surface area contributed by atoms with Crippen LogP contribution in [-0.4, -0.2) is 52.7 Å². The first-order chi connectivity index (χ1) is 15.5. The molecular formula is C22H26N2O6S3. The summed E-state index contributed by atoms with van der Waals surface area (Å²) in [6, 6.07) is -0.433. The number of carbonyl (C=O) groups is 3. The molecule has 5 atom stereocenters. The molecule has 3 rings (SSSR count). The molecular weight excluding hydrogens is 484 g/mol. The van der Waals surface area contributed by atoms with Crippen LogP contribution in [0.2, 0.25) is 0 Å². The number of hydrogen-bond donors (Lipinski definition) is 3. The molecule has 2 bridgehead atoms. The van der Waals surface area contributed by atoms with Crippen LogP contribution in [0.5, 0.6) is 0 Å². The maximum Gasteiger partial charge on any atom is 0.234 e. The van der Waals surface area contributed by atoms with E-state index in [4.69, 9.17) is 0 Å². The number of nitrogens with one attached hydrogen (secondary N) is 1. The van der Waals surface area contributed by atoms with Crippen LogP contribution in [0.25, 0.3) is 6.08 Å². The highest BCUT2D eigenvalue weighted by Crippen LogP contribution is 2.50. The van der Waals surface area contributed by atoms with Crippen molar-refractivity contribution in [3.8, 4) is 0 Å². The first kappa shape index (κ1) is 25.7. The monoisotopic (exact) mass is 510 g/mol. The number of ketones is 1. The Hall–Kier alpha value is -1.92. The molecule has 1 amide bonds.